The predicted molar refractivity (Wildman–Crippen MR) is 80.2 cm³/mol. The molecule has 1 N–H and O–H groups in total. The SMILES string of the molecule is CCC1(C)CN(Cc2ncccc2C)C(C)(C)CN1. The Labute approximate surface area is 117 Å². The Hall–Kier alpha value is -0.930. The number of rotatable bonds is 3. The molecule has 1 unspecified atom stereocenters. The molecule has 1 aromatic rings. The van der Waals surface area contributed by atoms with Crippen LogP contribution in [0.2, 0.25) is 0 Å². The van der Waals surface area contributed by atoms with Crippen LogP contribution in [0.5, 0.6) is 0 Å². The minimum atomic E-state index is 0.179. The van der Waals surface area contributed by atoms with E-state index in [1.54, 1.807) is 0 Å². The summed E-state index contributed by atoms with van der Waals surface area (Å²) in [5.74, 6) is 0. The first-order chi connectivity index (χ1) is 8.86. The number of pyridine rings is 1. The Morgan fingerprint density at radius 3 is 2.74 bits per heavy atom. The van der Waals surface area contributed by atoms with Gasteiger partial charge in [-0.2, -0.15) is 0 Å². The second-order valence-corrected chi connectivity index (χ2v) is 6.70. The van der Waals surface area contributed by atoms with Gasteiger partial charge in [0.25, 0.3) is 0 Å². The number of nitrogens with one attached hydrogen (secondary N) is 1. The number of hydrogen-bond acceptors (Lipinski definition) is 3. The topological polar surface area (TPSA) is 28.2 Å². The van der Waals surface area contributed by atoms with E-state index in [4.69, 9.17) is 0 Å². The fraction of sp³-hybridized carbons (Fsp3) is 0.688. The molecule has 1 aliphatic rings. The van der Waals surface area contributed by atoms with Gasteiger partial charge in [-0.1, -0.05) is 13.0 Å². The van der Waals surface area contributed by atoms with Crippen molar-refractivity contribution in [2.45, 2.75) is 58.7 Å². The van der Waals surface area contributed by atoms with Crippen LogP contribution in [-0.2, 0) is 6.54 Å². The van der Waals surface area contributed by atoms with Gasteiger partial charge >= 0.3 is 0 Å². The molecule has 1 aromatic heterocycles. The smallest absolute Gasteiger partial charge is 0.0573 e. The van der Waals surface area contributed by atoms with Crippen LogP contribution in [-0.4, -0.2) is 34.1 Å². The molecule has 2 heterocycles. The lowest BCUT2D eigenvalue weighted by Gasteiger charge is -2.50. The molecule has 0 bridgehead atoms. The summed E-state index contributed by atoms with van der Waals surface area (Å²) in [6.07, 6.45) is 3.05. The molecule has 3 heteroatoms. The van der Waals surface area contributed by atoms with Gasteiger partial charge in [-0.3, -0.25) is 9.88 Å². The Bertz CT molecular complexity index is 441. The molecule has 2 rings (SSSR count). The van der Waals surface area contributed by atoms with Gasteiger partial charge < -0.3 is 5.32 Å². The van der Waals surface area contributed by atoms with Crippen molar-refractivity contribution in [3.05, 3.63) is 29.6 Å². The highest BCUT2D eigenvalue weighted by molar-refractivity contribution is 5.18. The Balaban J connectivity index is 2.18. The molecule has 0 aliphatic carbocycles. The highest BCUT2D eigenvalue weighted by Crippen LogP contribution is 2.27. The van der Waals surface area contributed by atoms with E-state index in [0.717, 1.165) is 26.1 Å². The summed E-state index contributed by atoms with van der Waals surface area (Å²) in [7, 11) is 0. The first-order valence-electron chi connectivity index (χ1n) is 7.27. The van der Waals surface area contributed by atoms with Gasteiger partial charge in [-0.05, 0) is 45.7 Å². The van der Waals surface area contributed by atoms with Crippen LogP contribution in [0.15, 0.2) is 18.3 Å². The summed E-state index contributed by atoms with van der Waals surface area (Å²) >= 11 is 0. The van der Waals surface area contributed by atoms with Gasteiger partial charge in [0.15, 0.2) is 0 Å². The maximum Gasteiger partial charge on any atom is 0.0573 e. The van der Waals surface area contributed by atoms with Crippen LogP contribution in [0.25, 0.3) is 0 Å². The summed E-state index contributed by atoms with van der Waals surface area (Å²) in [4.78, 5) is 7.12. The summed E-state index contributed by atoms with van der Waals surface area (Å²) in [5, 5.41) is 3.70. The molecular weight excluding hydrogens is 234 g/mol. The number of nitrogens with zero attached hydrogens (tertiary/aromatic N) is 2. The monoisotopic (exact) mass is 261 g/mol. The van der Waals surface area contributed by atoms with E-state index >= 15 is 0 Å². The lowest BCUT2D eigenvalue weighted by atomic mass is 9.88. The molecular formula is C16H27N3. The van der Waals surface area contributed by atoms with E-state index in [2.05, 4.69) is 55.9 Å². The molecule has 1 fully saturated rings. The van der Waals surface area contributed by atoms with Crippen molar-refractivity contribution in [1.29, 1.82) is 0 Å². The van der Waals surface area contributed by atoms with E-state index in [1.165, 1.54) is 11.3 Å². The van der Waals surface area contributed by atoms with Crippen LogP contribution >= 0.6 is 0 Å². The van der Waals surface area contributed by atoms with Crippen molar-refractivity contribution in [2.75, 3.05) is 13.1 Å². The van der Waals surface area contributed by atoms with Crippen LogP contribution in [0.1, 0.15) is 45.4 Å². The largest absolute Gasteiger partial charge is 0.308 e. The number of hydrogen-bond donors (Lipinski definition) is 1. The average Bonchev–Trinajstić information content (AvgIpc) is 2.37. The molecule has 0 aromatic carbocycles. The van der Waals surface area contributed by atoms with Crippen molar-refractivity contribution in [2.24, 2.45) is 0 Å². The zero-order valence-electron chi connectivity index (χ0n) is 13.0. The standard InChI is InChI=1S/C16H27N3/c1-6-16(5)12-19(15(3,4)11-18-16)10-14-13(2)8-7-9-17-14/h7-9,18H,6,10-12H2,1-5H3. The van der Waals surface area contributed by atoms with Crippen LogP contribution in [0.3, 0.4) is 0 Å². The summed E-state index contributed by atoms with van der Waals surface area (Å²) < 4.78 is 0. The third-order valence-corrected chi connectivity index (χ3v) is 4.58. The fourth-order valence-corrected chi connectivity index (χ4v) is 2.60. The molecule has 1 atom stereocenters. The maximum absolute atomic E-state index is 4.55. The van der Waals surface area contributed by atoms with Gasteiger partial charge in [-0.25, -0.2) is 0 Å². The minimum absolute atomic E-state index is 0.179. The second kappa shape index (κ2) is 5.22. The first kappa shape index (κ1) is 14.5. The van der Waals surface area contributed by atoms with E-state index in [1.807, 2.05) is 12.3 Å². The van der Waals surface area contributed by atoms with Crippen molar-refractivity contribution >= 4 is 0 Å². The van der Waals surface area contributed by atoms with Gasteiger partial charge in [0.1, 0.15) is 0 Å². The summed E-state index contributed by atoms with van der Waals surface area (Å²) in [6, 6.07) is 4.16. The molecule has 0 radical (unpaired) electrons. The summed E-state index contributed by atoms with van der Waals surface area (Å²) in [5.41, 5.74) is 2.89. The molecule has 19 heavy (non-hydrogen) atoms. The Morgan fingerprint density at radius 2 is 2.11 bits per heavy atom. The van der Waals surface area contributed by atoms with Gasteiger partial charge in [0.05, 0.1) is 5.69 Å². The normalized spacial score (nSPS) is 27.4. The quantitative estimate of drug-likeness (QED) is 0.907. The fourth-order valence-electron chi connectivity index (χ4n) is 2.60. The van der Waals surface area contributed by atoms with E-state index in [9.17, 15) is 0 Å². The van der Waals surface area contributed by atoms with Crippen molar-refractivity contribution in [3.8, 4) is 0 Å². The Kier molecular flexibility index (Phi) is 3.98. The van der Waals surface area contributed by atoms with Crippen molar-refractivity contribution in [1.82, 2.24) is 15.2 Å². The van der Waals surface area contributed by atoms with Crippen LogP contribution < -0.4 is 5.32 Å². The predicted octanol–water partition coefficient (Wildman–Crippen LogP) is 2.74. The minimum Gasteiger partial charge on any atom is -0.308 e. The Morgan fingerprint density at radius 1 is 1.37 bits per heavy atom. The van der Waals surface area contributed by atoms with E-state index in [-0.39, 0.29) is 11.1 Å². The zero-order valence-corrected chi connectivity index (χ0v) is 13.0. The molecule has 0 spiro atoms. The molecule has 106 valence electrons. The molecule has 3 nitrogen and oxygen atoms in total. The van der Waals surface area contributed by atoms with Gasteiger partial charge in [0.2, 0.25) is 0 Å². The number of aromatic nitrogens is 1. The van der Waals surface area contributed by atoms with E-state index < -0.39 is 0 Å². The third-order valence-electron chi connectivity index (χ3n) is 4.58. The third kappa shape index (κ3) is 3.15. The lowest BCUT2D eigenvalue weighted by Crippen LogP contribution is -2.66. The average molecular weight is 261 g/mol. The zero-order chi connectivity index (χ0) is 14.1. The maximum atomic E-state index is 4.55. The molecule has 0 amide bonds. The highest BCUT2D eigenvalue weighted by Gasteiger charge is 2.39. The van der Waals surface area contributed by atoms with Crippen LogP contribution in [0.4, 0.5) is 0 Å². The molecule has 1 saturated heterocycles. The molecule has 0 saturated carbocycles. The van der Waals surface area contributed by atoms with Gasteiger partial charge in [0, 0.05) is 36.9 Å². The second-order valence-electron chi connectivity index (χ2n) is 6.70. The lowest BCUT2D eigenvalue weighted by molar-refractivity contribution is 0.0235. The highest BCUT2D eigenvalue weighted by atomic mass is 15.3. The number of piperazine rings is 1. The van der Waals surface area contributed by atoms with E-state index in [0.29, 0.717) is 0 Å². The summed E-state index contributed by atoms with van der Waals surface area (Å²) in [6.45, 7) is 14.4. The van der Waals surface area contributed by atoms with Crippen molar-refractivity contribution in [3.63, 3.8) is 0 Å². The van der Waals surface area contributed by atoms with Crippen molar-refractivity contribution < 1.29 is 0 Å². The number of aryl methyl sites for hydroxylation is 1. The van der Waals surface area contributed by atoms with Crippen LogP contribution in [0, 0.1) is 6.92 Å². The molecule has 1 aliphatic heterocycles. The first-order valence-corrected chi connectivity index (χ1v) is 7.27. The van der Waals surface area contributed by atoms with Gasteiger partial charge in [-0.15, -0.1) is 0 Å².